The van der Waals surface area contributed by atoms with Crippen molar-refractivity contribution in [3.63, 3.8) is 0 Å². The highest BCUT2D eigenvalue weighted by Crippen LogP contribution is 2.68. The van der Waals surface area contributed by atoms with Gasteiger partial charge in [-0.3, -0.25) is 4.79 Å². The molecule has 22 heavy (non-hydrogen) atoms. The molecule has 0 bridgehead atoms. The Balaban J connectivity index is 1.87. The molecular weight excluding hydrogens is 280 g/mol. The molecule has 3 N–H and O–H groups in total. The first-order valence-electron chi connectivity index (χ1n) is 7.58. The monoisotopic (exact) mass is 302 g/mol. The van der Waals surface area contributed by atoms with E-state index >= 15 is 0 Å². The predicted octanol–water partition coefficient (Wildman–Crippen LogP) is 2.33. The number of nitrogens with one attached hydrogen (secondary N) is 2. The van der Waals surface area contributed by atoms with Crippen LogP contribution in [0.5, 0.6) is 0 Å². The number of ketones is 1. The summed E-state index contributed by atoms with van der Waals surface area (Å²) in [5.41, 5.74) is 4.04. The number of quaternary nitrogens is 1. The first-order chi connectivity index (χ1) is 10.2. The third-order valence-corrected chi connectivity index (χ3v) is 5.27. The SMILES string of the molecule is CC(Nc1ccc([NH+]([O-])O)cc1C)=C1C(=O)C[C@@H]2[C@@H]1C2(C)C. The van der Waals surface area contributed by atoms with E-state index in [0.717, 1.165) is 22.5 Å². The fraction of sp³-hybridized carbons (Fsp3) is 0.471. The van der Waals surface area contributed by atoms with Crippen molar-refractivity contribution in [1.29, 1.82) is 0 Å². The quantitative estimate of drug-likeness (QED) is 0.591. The van der Waals surface area contributed by atoms with Gasteiger partial charge in [0.15, 0.2) is 11.5 Å². The highest BCUT2D eigenvalue weighted by molar-refractivity contribution is 6.01. The molecule has 3 atom stereocenters. The number of carbonyl (C=O) groups excluding carboxylic acids is 1. The minimum absolute atomic E-state index is 0.231. The molecule has 3 rings (SSSR count). The highest BCUT2D eigenvalue weighted by atomic mass is 16.8. The average Bonchev–Trinajstić information content (AvgIpc) is 2.80. The van der Waals surface area contributed by atoms with E-state index < -0.39 is 5.23 Å². The molecule has 0 spiro atoms. The summed E-state index contributed by atoms with van der Waals surface area (Å²) in [4.78, 5) is 12.2. The van der Waals surface area contributed by atoms with E-state index in [1.54, 1.807) is 18.2 Å². The summed E-state index contributed by atoms with van der Waals surface area (Å²) in [6.45, 7) is 8.24. The van der Waals surface area contributed by atoms with E-state index in [0.29, 0.717) is 18.3 Å². The number of Topliss-reactive ketones (excluding diaryl/α,β-unsaturated/α-hetero) is 1. The van der Waals surface area contributed by atoms with Gasteiger partial charge in [-0.2, -0.15) is 5.23 Å². The molecule has 1 aromatic rings. The Hall–Kier alpha value is -1.69. The van der Waals surface area contributed by atoms with E-state index in [4.69, 9.17) is 5.21 Å². The summed E-state index contributed by atoms with van der Waals surface area (Å²) in [5, 5.41) is 22.4. The van der Waals surface area contributed by atoms with E-state index in [1.165, 1.54) is 0 Å². The van der Waals surface area contributed by atoms with Gasteiger partial charge in [0.05, 0.1) is 0 Å². The van der Waals surface area contributed by atoms with Gasteiger partial charge in [-0.05, 0) is 42.7 Å². The minimum atomic E-state index is -0.932. The molecule has 5 heteroatoms. The number of hydrogen-bond donors (Lipinski definition) is 3. The van der Waals surface area contributed by atoms with E-state index in [1.807, 2.05) is 13.8 Å². The molecule has 0 radical (unpaired) electrons. The maximum atomic E-state index is 12.2. The van der Waals surface area contributed by atoms with E-state index in [9.17, 15) is 10.0 Å². The Bertz CT molecular complexity index is 676. The number of aryl methyl sites for hydroxylation is 1. The summed E-state index contributed by atoms with van der Waals surface area (Å²) >= 11 is 0. The van der Waals surface area contributed by atoms with Crippen molar-refractivity contribution in [2.45, 2.75) is 34.1 Å². The molecule has 0 saturated heterocycles. The lowest BCUT2D eigenvalue weighted by molar-refractivity contribution is -0.991. The molecule has 1 aromatic carbocycles. The van der Waals surface area contributed by atoms with Crippen molar-refractivity contribution >= 4 is 17.2 Å². The van der Waals surface area contributed by atoms with Crippen LogP contribution in [-0.2, 0) is 4.79 Å². The molecule has 0 heterocycles. The minimum Gasteiger partial charge on any atom is -0.595 e. The summed E-state index contributed by atoms with van der Waals surface area (Å²) < 4.78 is 0. The van der Waals surface area contributed by atoms with Crippen LogP contribution < -0.4 is 10.5 Å². The number of anilines is 1. The van der Waals surface area contributed by atoms with Crippen LogP contribution in [-0.4, -0.2) is 11.0 Å². The van der Waals surface area contributed by atoms with Crippen LogP contribution in [0.3, 0.4) is 0 Å². The van der Waals surface area contributed by atoms with Crippen molar-refractivity contribution in [3.8, 4) is 0 Å². The van der Waals surface area contributed by atoms with Gasteiger partial charge in [0.25, 0.3) is 0 Å². The molecule has 2 aliphatic carbocycles. The number of allylic oxidation sites excluding steroid dienone is 2. The molecular formula is C17H22N2O3. The first kappa shape index (κ1) is 15.2. The second-order valence-electron chi connectivity index (χ2n) is 7.03. The molecule has 0 aliphatic heterocycles. The van der Waals surface area contributed by atoms with Gasteiger partial charge in [0.1, 0.15) is 0 Å². The predicted molar refractivity (Wildman–Crippen MR) is 83.7 cm³/mol. The molecule has 0 aromatic heterocycles. The van der Waals surface area contributed by atoms with Gasteiger partial charge >= 0.3 is 0 Å². The zero-order valence-electron chi connectivity index (χ0n) is 13.4. The fourth-order valence-electron chi connectivity index (χ4n) is 3.83. The van der Waals surface area contributed by atoms with Gasteiger partial charge in [-0.25, -0.2) is 5.21 Å². The highest BCUT2D eigenvalue weighted by Gasteiger charge is 2.65. The standard InChI is InChI=1S/C17H22N2O3/c1-9-7-11(19(21)22)5-6-13(9)18-10(2)15-14(20)8-12-16(15)17(12,3)4/h5-7,12,16,18-19,21H,8H2,1-4H3/t12-,16+/m1/s1. The van der Waals surface area contributed by atoms with Gasteiger partial charge in [0.2, 0.25) is 0 Å². The smallest absolute Gasteiger partial charge is 0.164 e. The molecule has 2 aliphatic rings. The average molecular weight is 302 g/mol. The Morgan fingerprint density at radius 1 is 1.45 bits per heavy atom. The molecule has 0 amide bonds. The van der Waals surface area contributed by atoms with Crippen molar-refractivity contribution in [2.24, 2.45) is 17.3 Å². The van der Waals surface area contributed by atoms with E-state index in [-0.39, 0.29) is 16.9 Å². The Kier molecular flexibility index (Phi) is 3.40. The third-order valence-electron chi connectivity index (χ3n) is 5.27. The van der Waals surface area contributed by atoms with Crippen molar-refractivity contribution in [2.75, 3.05) is 5.32 Å². The normalized spacial score (nSPS) is 29.1. The van der Waals surface area contributed by atoms with Crippen molar-refractivity contribution in [1.82, 2.24) is 0 Å². The molecule has 118 valence electrons. The van der Waals surface area contributed by atoms with Gasteiger partial charge < -0.3 is 10.5 Å². The van der Waals surface area contributed by atoms with Gasteiger partial charge in [-0.15, -0.1) is 0 Å². The number of hydrogen-bond acceptors (Lipinski definition) is 4. The molecule has 2 fully saturated rings. The molecule has 1 unspecified atom stereocenters. The van der Waals surface area contributed by atoms with Crippen LogP contribution in [0.4, 0.5) is 11.4 Å². The largest absolute Gasteiger partial charge is 0.595 e. The van der Waals surface area contributed by atoms with E-state index in [2.05, 4.69) is 19.2 Å². The van der Waals surface area contributed by atoms with Crippen LogP contribution in [0, 0.1) is 29.4 Å². The maximum Gasteiger partial charge on any atom is 0.164 e. The van der Waals surface area contributed by atoms with Gasteiger partial charge in [-0.1, -0.05) is 13.8 Å². The zero-order chi connectivity index (χ0) is 16.2. The molecule has 5 nitrogen and oxygen atoms in total. The van der Waals surface area contributed by atoms with Crippen molar-refractivity contribution < 1.29 is 15.2 Å². The van der Waals surface area contributed by atoms with Crippen LogP contribution in [0.25, 0.3) is 0 Å². The summed E-state index contributed by atoms with van der Waals surface area (Å²) in [6, 6.07) is 4.98. The summed E-state index contributed by atoms with van der Waals surface area (Å²) in [7, 11) is 0. The van der Waals surface area contributed by atoms with Crippen molar-refractivity contribution in [3.05, 3.63) is 40.2 Å². The zero-order valence-corrected chi connectivity index (χ0v) is 13.4. The topological polar surface area (TPSA) is 76.8 Å². The lowest BCUT2D eigenvalue weighted by Crippen LogP contribution is -2.99. The van der Waals surface area contributed by atoms with Gasteiger partial charge in [0, 0.05) is 35.5 Å². The Morgan fingerprint density at radius 2 is 2.14 bits per heavy atom. The maximum absolute atomic E-state index is 12.2. The Morgan fingerprint density at radius 3 is 2.68 bits per heavy atom. The lowest BCUT2D eigenvalue weighted by atomic mass is 9.95. The summed E-state index contributed by atoms with van der Waals surface area (Å²) in [6.07, 6.45) is 0.656. The third kappa shape index (κ3) is 2.26. The van der Waals surface area contributed by atoms with Crippen LogP contribution >= 0.6 is 0 Å². The fourth-order valence-corrected chi connectivity index (χ4v) is 3.83. The number of fused-ring (bicyclic) bond motifs is 1. The Labute approximate surface area is 130 Å². The molecule has 2 saturated carbocycles. The lowest BCUT2D eigenvalue weighted by Gasteiger charge is -2.17. The number of rotatable bonds is 3. The second kappa shape index (κ2) is 4.91. The van der Waals surface area contributed by atoms with Crippen LogP contribution in [0.2, 0.25) is 0 Å². The number of benzene rings is 1. The number of carbonyl (C=O) groups is 1. The second-order valence-corrected chi connectivity index (χ2v) is 7.03. The van der Waals surface area contributed by atoms with Crippen LogP contribution in [0.1, 0.15) is 32.8 Å². The summed E-state index contributed by atoms with van der Waals surface area (Å²) in [5.74, 6) is 1.10. The first-order valence-corrected chi connectivity index (χ1v) is 7.58. The van der Waals surface area contributed by atoms with Crippen LogP contribution in [0.15, 0.2) is 29.5 Å².